The smallest absolute Gasteiger partial charge is 0.156 e. The standard InChI is InChI=1S/C20H34N2O2/c1-23-20(24-2)10-6-7-13-22-14-11-19(12-15-22)17-21-16-18-8-4-3-5-9-18/h3-5,8-9,19-21H,6-7,10-17H2,1-2H3. The first-order valence-corrected chi connectivity index (χ1v) is 9.34. The lowest BCUT2D eigenvalue weighted by Crippen LogP contribution is -2.37. The van der Waals surface area contributed by atoms with Crippen LogP contribution in [0.25, 0.3) is 0 Å². The second-order valence-electron chi connectivity index (χ2n) is 6.80. The molecule has 24 heavy (non-hydrogen) atoms. The molecule has 0 unspecified atom stereocenters. The lowest BCUT2D eigenvalue weighted by molar-refractivity contribution is -0.107. The Kier molecular flexibility index (Phi) is 9.36. The predicted molar refractivity (Wildman–Crippen MR) is 99.0 cm³/mol. The molecule has 0 amide bonds. The summed E-state index contributed by atoms with van der Waals surface area (Å²) in [7, 11) is 3.43. The van der Waals surface area contributed by atoms with Crippen molar-refractivity contribution >= 4 is 0 Å². The monoisotopic (exact) mass is 334 g/mol. The molecule has 136 valence electrons. The van der Waals surface area contributed by atoms with Gasteiger partial charge in [0.15, 0.2) is 6.29 Å². The average molecular weight is 335 g/mol. The van der Waals surface area contributed by atoms with Gasteiger partial charge in [0.25, 0.3) is 0 Å². The van der Waals surface area contributed by atoms with E-state index in [1.54, 1.807) is 14.2 Å². The van der Waals surface area contributed by atoms with Crippen molar-refractivity contribution in [1.29, 1.82) is 0 Å². The molecule has 1 heterocycles. The van der Waals surface area contributed by atoms with Gasteiger partial charge in [-0.15, -0.1) is 0 Å². The second-order valence-corrected chi connectivity index (χ2v) is 6.80. The van der Waals surface area contributed by atoms with Crippen molar-refractivity contribution < 1.29 is 9.47 Å². The van der Waals surface area contributed by atoms with Gasteiger partial charge in [0.1, 0.15) is 0 Å². The predicted octanol–water partition coefficient (Wildman–Crippen LogP) is 3.28. The van der Waals surface area contributed by atoms with Crippen LogP contribution in [0.15, 0.2) is 30.3 Å². The van der Waals surface area contributed by atoms with Gasteiger partial charge < -0.3 is 19.7 Å². The topological polar surface area (TPSA) is 33.7 Å². The van der Waals surface area contributed by atoms with Crippen molar-refractivity contribution in [3.05, 3.63) is 35.9 Å². The summed E-state index contributed by atoms with van der Waals surface area (Å²) in [5.41, 5.74) is 1.38. The molecule has 1 aliphatic rings. The average Bonchev–Trinajstić information content (AvgIpc) is 2.64. The number of unbranched alkanes of at least 4 members (excludes halogenated alkanes) is 1. The summed E-state index contributed by atoms with van der Waals surface area (Å²) < 4.78 is 10.5. The largest absolute Gasteiger partial charge is 0.356 e. The fourth-order valence-corrected chi connectivity index (χ4v) is 3.41. The Morgan fingerprint density at radius 3 is 2.46 bits per heavy atom. The van der Waals surface area contributed by atoms with Crippen LogP contribution in [0.2, 0.25) is 0 Å². The lowest BCUT2D eigenvalue weighted by atomic mass is 9.96. The van der Waals surface area contributed by atoms with E-state index < -0.39 is 0 Å². The second kappa shape index (κ2) is 11.6. The van der Waals surface area contributed by atoms with Crippen LogP contribution in [0.3, 0.4) is 0 Å². The number of methoxy groups -OCH3 is 2. The zero-order chi connectivity index (χ0) is 17.0. The van der Waals surface area contributed by atoms with Crippen molar-refractivity contribution in [2.24, 2.45) is 5.92 Å². The number of likely N-dealkylation sites (tertiary alicyclic amines) is 1. The third-order valence-electron chi connectivity index (χ3n) is 5.00. The van der Waals surface area contributed by atoms with Crippen LogP contribution in [0.4, 0.5) is 0 Å². The molecule has 0 saturated carbocycles. The van der Waals surface area contributed by atoms with Crippen LogP contribution in [0.1, 0.15) is 37.7 Å². The van der Waals surface area contributed by atoms with Gasteiger partial charge in [-0.25, -0.2) is 0 Å². The molecule has 1 aromatic rings. The van der Waals surface area contributed by atoms with Crippen LogP contribution in [0, 0.1) is 5.92 Å². The highest BCUT2D eigenvalue weighted by atomic mass is 16.7. The fraction of sp³-hybridized carbons (Fsp3) is 0.700. The Morgan fingerprint density at radius 2 is 1.79 bits per heavy atom. The van der Waals surface area contributed by atoms with Crippen LogP contribution in [-0.4, -0.2) is 51.6 Å². The number of hydrogen-bond acceptors (Lipinski definition) is 4. The number of ether oxygens (including phenoxy) is 2. The summed E-state index contributed by atoms with van der Waals surface area (Å²) in [6.07, 6.45) is 6.00. The fourth-order valence-electron chi connectivity index (χ4n) is 3.41. The Hall–Kier alpha value is -0.940. The van der Waals surface area contributed by atoms with Gasteiger partial charge in [0.2, 0.25) is 0 Å². The Balaban J connectivity index is 1.50. The number of piperidine rings is 1. The molecule has 0 aromatic heterocycles. The molecule has 0 aliphatic carbocycles. The molecule has 1 N–H and O–H groups in total. The quantitative estimate of drug-likeness (QED) is 0.497. The van der Waals surface area contributed by atoms with E-state index in [9.17, 15) is 0 Å². The minimum atomic E-state index is -0.0357. The number of hydrogen-bond donors (Lipinski definition) is 1. The maximum atomic E-state index is 5.23. The van der Waals surface area contributed by atoms with E-state index in [-0.39, 0.29) is 6.29 Å². The maximum absolute atomic E-state index is 5.23. The van der Waals surface area contributed by atoms with Gasteiger partial charge in [-0.2, -0.15) is 0 Å². The number of nitrogens with one attached hydrogen (secondary N) is 1. The van der Waals surface area contributed by atoms with E-state index in [0.717, 1.165) is 25.4 Å². The van der Waals surface area contributed by atoms with Crippen LogP contribution in [-0.2, 0) is 16.0 Å². The highest BCUT2D eigenvalue weighted by Crippen LogP contribution is 2.17. The van der Waals surface area contributed by atoms with Crippen molar-refractivity contribution in [2.45, 2.75) is 44.9 Å². The normalized spacial score (nSPS) is 16.8. The third kappa shape index (κ3) is 7.31. The number of rotatable bonds is 11. The summed E-state index contributed by atoms with van der Waals surface area (Å²) in [5, 5.41) is 3.62. The van der Waals surface area contributed by atoms with E-state index in [4.69, 9.17) is 9.47 Å². The molecule has 0 spiro atoms. The van der Waals surface area contributed by atoms with E-state index >= 15 is 0 Å². The molecule has 1 aliphatic heterocycles. The minimum absolute atomic E-state index is 0.0357. The van der Waals surface area contributed by atoms with Gasteiger partial charge in [0, 0.05) is 20.8 Å². The van der Waals surface area contributed by atoms with Crippen molar-refractivity contribution in [3.8, 4) is 0 Å². The first-order valence-electron chi connectivity index (χ1n) is 9.34. The summed E-state index contributed by atoms with van der Waals surface area (Å²) >= 11 is 0. The number of nitrogens with zero attached hydrogens (tertiary/aromatic N) is 1. The molecule has 0 radical (unpaired) electrons. The summed E-state index contributed by atoms with van der Waals surface area (Å²) in [4.78, 5) is 2.61. The van der Waals surface area contributed by atoms with Crippen molar-refractivity contribution in [1.82, 2.24) is 10.2 Å². The van der Waals surface area contributed by atoms with E-state index in [1.165, 1.54) is 50.9 Å². The van der Waals surface area contributed by atoms with Gasteiger partial charge in [-0.3, -0.25) is 0 Å². The molecule has 0 atom stereocenters. The first kappa shape index (κ1) is 19.4. The SMILES string of the molecule is COC(CCCCN1CCC(CNCc2ccccc2)CC1)OC. The zero-order valence-electron chi connectivity index (χ0n) is 15.4. The molecular formula is C20H34N2O2. The Bertz CT molecular complexity index is 415. The van der Waals surface area contributed by atoms with Gasteiger partial charge in [-0.1, -0.05) is 30.3 Å². The van der Waals surface area contributed by atoms with Crippen molar-refractivity contribution in [2.75, 3.05) is 40.4 Å². The lowest BCUT2D eigenvalue weighted by Gasteiger charge is -2.32. The number of benzene rings is 1. The third-order valence-corrected chi connectivity index (χ3v) is 5.00. The van der Waals surface area contributed by atoms with Gasteiger partial charge >= 0.3 is 0 Å². The molecule has 1 aromatic carbocycles. The van der Waals surface area contributed by atoms with Gasteiger partial charge in [0.05, 0.1) is 0 Å². The highest BCUT2D eigenvalue weighted by Gasteiger charge is 2.18. The highest BCUT2D eigenvalue weighted by molar-refractivity contribution is 5.14. The molecule has 1 fully saturated rings. The molecule has 4 nitrogen and oxygen atoms in total. The maximum Gasteiger partial charge on any atom is 0.156 e. The Labute approximate surface area is 147 Å². The summed E-state index contributed by atoms with van der Waals surface area (Å²) in [6.45, 7) is 5.84. The molecule has 0 bridgehead atoms. The molecule has 2 rings (SSSR count). The Morgan fingerprint density at radius 1 is 1.08 bits per heavy atom. The van der Waals surface area contributed by atoms with Crippen LogP contribution in [0.5, 0.6) is 0 Å². The van der Waals surface area contributed by atoms with E-state index in [0.29, 0.717) is 0 Å². The van der Waals surface area contributed by atoms with Gasteiger partial charge in [-0.05, 0) is 69.8 Å². The minimum Gasteiger partial charge on any atom is -0.356 e. The molecular weight excluding hydrogens is 300 g/mol. The van der Waals surface area contributed by atoms with E-state index in [2.05, 4.69) is 40.5 Å². The summed E-state index contributed by atoms with van der Waals surface area (Å²) in [5.74, 6) is 0.830. The van der Waals surface area contributed by atoms with Crippen LogP contribution >= 0.6 is 0 Å². The van der Waals surface area contributed by atoms with E-state index in [1.807, 2.05) is 0 Å². The first-order chi connectivity index (χ1) is 11.8. The molecule has 1 saturated heterocycles. The molecule has 4 heteroatoms. The van der Waals surface area contributed by atoms with Crippen LogP contribution < -0.4 is 5.32 Å². The summed E-state index contributed by atoms with van der Waals surface area (Å²) in [6, 6.07) is 10.7. The van der Waals surface area contributed by atoms with Crippen molar-refractivity contribution in [3.63, 3.8) is 0 Å². The zero-order valence-corrected chi connectivity index (χ0v) is 15.4.